The molecule has 1 N–H and O–H groups in total. The molecule has 0 heterocycles. The molecule has 0 saturated carbocycles. The van der Waals surface area contributed by atoms with Crippen LogP contribution in [-0.4, -0.2) is 16.9 Å². The van der Waals surface area contributed by atoms with E-state index >= 15 is 0 Å². The Labute approximate surface area is 51.2 Å². The van der Waals surface area contributed by atoms with Gasteiger partial charge in [0.2, 0.25) is 5.78 Å². The first kappa shape index (κ1) is 9.82. The third-order valence-corrected chi connectivity index (χ3v) is 0.301. The number of aliphatic carboxylic acids is 1. The van der Waals surface area contributed by atoms with Gasteiger partial charge in [0, 0.05) is 24.0 Å². The maximum Gasteiger partial charge on any atom is 0.371 e. The van der Waals surface area contributed by atoms with E-state index in [0.717, 1.165) is 6.92 Å². The number of Topliss-reactive ketones (excluding diaryl/α,β-unsaturated/α-hetero) is 1. The standard InChI is InChI=1S/C3H4O3.Cu/c1-2(4)3(5)6;/h1H3,(H,5,6);. The molecular weight excluding hydrogens is 148 g/mol. The molecule has 3 nitrogen and oxygen atoms in total. The van der Waals surface area contributed by atoms with Gasteiger partial charge in [-0.2, -0.15) is 0 Å². The maximum atomic E-state index is 9.54. The normalized spacial score (nSPS) is 6.43. The smallest absolute Gasteiger partial charge is 0.371 e. The second kappa shape index (κ2) is 3.84. The van der Waals surface area contributed by atoms with E-state index in [1.807, 2.05) is 0 Å². The minimum absolute atomic E-state index is 0. The minimum atomic E-state index is -1.38. The molecule has 0 saturated heterocycles. The van der Waals surface area contributed by atoms with E-state index < -0.39 is 11.8 Å². The molecule has 45 valence electrons. The van der Waals surface area contributed by atoms with Crippen LogP contribution in [0.3, 0.4) is 0 Å². The average Bonchev–Trinajstić information content (AvgIpc) is 1.36. The van der Waals surface area contributed by atoms with E-state index in [4.69, 9.17) is 5.11 Å². The molecule has 0 fully saturated rings. The van der Waals surface area contributed by atoms with Crippen LogP contribution in [0.2, 0.25) is 0 Å². The minimum Gasteiger partial charge on any atom is -0.476 e. The zero-order valence-corrected chi connectivity index (χ0v) is 4.51. The van der Waals surface area contributed by atoms with Crippen LogP contribution in [0, 0.1) is 0 Å². The third kappa shape index (κ3) is 5.66. The maximum absolute atomic E-state index is 9.54. The molecule has 4 heteroatoms. The fourth-order valence-corrected chi connectivity index (χ4v) is 0. The summed E-state index contributed by atoms with van der Waals surface area (Å²) in [5, 5.41) is 7.64. The van der Waals surface area contributed by atoms with E-state index in [9.17, 15) is 9.59 Å². The average molecular weight is 152 g/mol. The molecule has 0 aliphatic rings. The Morgan fingerprint density at radius 2 is 1.57 bits per heavy atom. The van der Waals surface area contributed by atoms with Crippen LogP contribution in [0.1, 0.15) is 6.92 Å². The predicted molar refractivity (Wildman–Crippen MR) is 18.3 cm³/mol. The number of carbonyl (C=O) groups is 2. The van der Waals surface area contributed by atoms with Gasteiger partial charge in [-0.3, -0.25) is 4.79 Å². The SMILES string of the molecule is CC(=O)C(=O)O.[Cu]. The quantitative estimate of drug-likeness (QED) is 0.412. The Morgan fingerprint density at radius 3 is 1.57 bits per heavy atom. The molecule has 0 aliphatic heterocycles. The van der Waals surface area contributed by atoms with Crippen LogP contribution in [-0.2, 0) is 26.7 Å². The molecule has 0 atom stereocenters. The summed E-state index contributed by atoms with van der Waals surface area (Å²) in [5.41, 5.74) is 0. The monoisotopic (exact) mass is 151 g/mol. The predicted octanol–water partition coefficient (Wildman–Crippen LogP) is -0.343. The number of ketones is 1. The molecule has 0 aromatic heterocycles. The summed E-state index contributed by atoms with van der Waals surface area (Å²) in [5.74, 6) is -2.20. The molecule has 0 aromatic rings. The molecular formula is C3H4CuO3. The van der Waals surface area contributed by atoms with Crippen LogP contribution < -0.4 is 0 Å². The van der Waals surface area contributed by atoms with Gasteiger partial charge in [0.15, 0.2) is 0 Å². The van der Waals surface area contributed by atoms with Gasteiger partial charge in [0.1, 0.15) is 0 Å². The van der Waals surface area contributed by atoms with Crippen LogP contribution in [0.25, 0.3) is 0 Å². The second-order valence-electron chi connectivity index (χ2n) is 0.861. The van der Waals surface area contributed by atoms with Crippen molar-refractivity contribution in [1.29, 1.82) is 0 Å². The van der Waals surface area contributed by atoms with Crippen molar-refractivity contribution < 1.29 is 31.8 Å². The first-order valence-corrected chi connectivity index (χ1v) is 1.38. The van der Waals surface area contributed by atoms with Gasteiger partial charge >= 0.3 is 5.97 Å². The molecule has 0 aromatic carbocycles. The molecule has 0 rings (SSSR count). The van der Waals surface area contributed by atoms with E-state index in [-0.39, 0.29) is 17.1 Å². The number of hydrogen-bond donors (Lipinski definition) is 1. The van der Waals surface area contributed by atoms with Crippen LogP contribution in [0.15, 0.2) is 0 Å². The van der Waals surface area contributed by atoms with Crippen LogP contribution >= 0.6 is 0 Å². The summed E-state index contributed by atoms with van der Waals surface area (Å²) in [6.07, 6.45) is 0. The Kier molecular flexibility index (Phi) is 5.38. The van der Waals surface area contributed by atoms with E-state index in [0.29, 0.717) is 0 Å². The zero-order valence-electron chi connectivity index (χ0n) is 3.57. The number of carbonyl (C=O) groups excluding carboxylic acids is 1. The Hall–Kier alpha value is -0.341. The first-order chi connectivity index (χ1) is 2.64. The van der Waals surface area contributed by atoms with Crippen molar-refractivity contribution in [2.24, 2.45) is 0 Å². The number of carboxylic acid groups (broad SMARTS) is 1. The van der Waals surface area contributed by atoms with E-state index in [1.54, 1.807) is 0 Å². The number of carboxylic acids is 1. The van der Waals surface area contributed by atoms with Gasteiger partial charge in [-0.1, -0.05) is 0 Å². The zero-order chi connectivity index (χ0) is 5.15. The van der Waals surface area contributed by atoms with Crippen molar-refractivity contribution in [1.82, 2.24) is 0 Å². The van der Waals surface area contributed by atoms with E-state index in [2.05, 4.69) is 0 Å². The first-order valence-electron chi connectivity index (χ1n) is 1.38. The third-order valence-electron chi connectivity index (χ3n) is 0.301. The van der Waals surface area contributed by atoms with Crippen LogP contribution in [0.5, 0.6) is 0 Å². The Bertz CT molecular complexity index is 76.2. The van der Waals surface area contributed by atoms with Crippen molar-refractivity contribution in [3.05, 3.63) is 0 Å². The number of rotatable bonds is 1. The van der Waals surface area contributed by atoms with Gasteiger partial charge in [0.25, 0.3) is 0 Å². The largest absolute Gasteiger partial charge is 0.476 e. The fraction of sp³-hybridized carbons (Fsp3) is 0.333. The summed E-state index contributed by atoms with van der Waals surface area (Å²) >= 11 is 0. The molecule has 0 spiro atoms. The molecule has 0 amide bonds. The van der Waals surface area contributed by atoms with Gasteiger partial charge in [-0.05, 0) is 0 Å². The van der Waals surface area contributed by atoms with Crippen molar-refractivity contribution >= 4 is 11.8 Å². The molecule has 0 unspecified atom stereocenters. The van der Waals surface area contributed by atoms with Crippen molar-refractivity contribution in [3.8, 4) is 0 Å². The van der Waals surface area contributed by atoms with E-state index in [1.165, 1.54) is 0 Å². The van der Waals surface area contributed by atoms with Crippen molar-refractivity contribution in [2.75, 3.05) is 0 Å². The molecule has 1 radical (unpaired) electrons. The summed E-state index contributed by atoms with van der Waals surface area (Å²) in [4.78, 5) is 18.9. The summed E-state index contributed by atoms with van der Waals surface area (Å²) in [7, 11) is 0. The molecule has 7 heavy (non-hydrogen) atoms. The summed E-state index contributed by atoms with van der Waals surface area (Å²) in [6.45, 7) is 1.00. The summed E-state index contributed by atoms with van der Waals surface area (Å²) in [6, 6.07) is 0. The fourth-order valence-electron chi connectivity index (χ4n) is 0. The molecule has 0 aliphatic carbocycles. The Morgan fingerprint density at radius 1 is 1.43 bits per heavy atom. The van der Waals surface area contributed by atoms with Gasteiger partial charge in [-0.25, -0.2) is 4.79 Å². The summed E-state index contributed by atoms with van der Waals surface area (Å²) < 4.78 is 0. The Balaban J connectivity index is 0. The topological polar surface area (TPSA) is 54.4 Å². The van der Waals surface area contributed by atoms with Gasteiger partial charge in [0.05, 0.1) is 0 Å². The second-order valence-corrected chi connectivity index (χ2v) is 0.861. The molecule has 0 bridgehead atoms. The van der Waals surface area contributed by atoms with Gasteiger partial charge < -0.3 is 5.11 Å². The van der Waals surface area contributed by atoms with Crippen LogP contribution in [0.4, 0.5) is 0 Å². The van der Waals surface area contributed by atoms with Crippen molar-refractivity contribution in [3.63, 3.8) is 0 Å². The van der Waals surface area contributed by atoms with Crippen molar-refractivity contribution in [2.45, 2.75) is 6.92 Å². The number of hydrogen-bond acceptors (Lipinski definition) is 2. The van der Waals surface area contributed by atoms with Gasteiger partial charge in [-0.15, -0.1) is 0 Å².